The number of nitrogens with one attached hydrogen (secondary N) is 1. The van der Waals surface area contributed by atoms with Crippen LogP contribution in [0.3, 0.4) is 0 Å². The van der Waals surface area contributed by atoms with Gasteiger partial charge in [0, 0.05) is 23.0 Å². The van der Waals surface area contributed by atoms with Crippen molar-refractivity contribution in [2.75, 3.05) is 6.61 Å². The quantitative estimate of drug-likeness (QED) is 0.526. The van der Waals surface area contributed by atoms with Crippen molar-refractivity contribution in [2.24, 2.45) is 4.99 Å². The van der Waals surface area contributed by atoms with E-state index in [-0.39, 0.29) is 5.69 Å². The van der Waals surface area contributed by atoms with Crippen molar-refractivity contribution in [3.05, 3.63) is 60.8 Å². The number of nitrogens with zero attached hydrogens (tertiary/aromatic N) is 2. The van der Waals surface area contributed by atoms with E-state index in [9.17, 15) is 19.8 Å². The number of aromatic amines is 1. The molecule has 4 N–H and O–H groups in total. The number of halogens is 2. The van der Waals surface area contributed by atoms with Crippen LogP contribution in [-0.2, 0) is 4.74 Å². The van der Waals surface area contributed by atoms with E-state index in [4.69, 9.17) is 33.0 Å². The Labute approximate surface area is 162 Å². The Kier molecular flexibility index (Phi) is 5.80. The van der Waals surface area contributed by atoms with Gasteiger partial charge in [-0.15, -0.1) is 0 Å². The number of aliphatic hydroxyl groups excluding tert-OH is 3. The van der Waals surface area contributed by atoms with Crippen molar-refractivity contribution in [3.8, 4) is 0 Å². The average Bonchev–Trinajstić information content (AvgIpc) is 2.90. The molecule has 3 rings (SSSR count). The number of aromatic nitrogens is 2. The molecule has 1 saturated heterocycles. The summed E-state index contributed by atoms with van der Waals surface area (Å²) in [6.07, 6.45) is -2.83. The van der Waals surface area contributed by atoms with Gasteiger partial charge in [0.05, 0.1) is 11.6 Å². The van der Waals surface area contributed by atoms with Gasteiger partial charge in [-0.2, -0.15) is 0 Å². The highest BCUT2D eigenvalue weighted by Gasteiger charge is 2.43. The summed E-state index contributed by atoms with van der Waals surface area (Å²) < 4.78 is 6.19. The molecule has 4 atom stereocenters. The average molecular weight is 416 g/mol. The van der Waals surface area contributed by atoms with E-state index >= 15 is 0 Å². The van der Waals surface area contributed by atoms with Crippen LogP contribution in [0, 0.1) is 0 Å². The van der Waals surface area contributed by atoms with Crippen LogP contribution >= 0.6 is 23.2 Å². The van der Waals surface area contributed by atoms with Crippen molar-refractivity contribution in [2.45, 2.75) is 24.5 Å². The molecule has 4 unspecified atom stereocenters. The summed E-state index contributed by atoms with van der Waals surface area (Å²) in [4.78, 5) is 30.2. The lowest BCUT2D eigenvalue weighted by Gasteiger charge is -2.17. The Morgan fingerprint density at radius 1 is 1.26 bits per heavy atom. The van der Waals surface area contributed by atoms with Gasteiger partial charge < -0.3 is 20.1 Å². The third kappa shape index (κ3) is 3.98. The normalized spacial score (nSPS) is 25.4. The molecule has 11 heteroatoms. The molecule has 0 saturated carbocycles. The molecule has 1 fully saturated rings. The molecule has 2 aromatic rings. The second-order valence-electron chi connectivity index (χ2n) is 5.83. The standard InChI is InChI=1S/C16H15Cl2N3O6/c17-8-2-1-7(9(18)3-8)4-19-10-5-21(16(26)20-14(10)25)15-13(24)12(23)11(6-22)27-15/h1-5,11-13,15,22-24H,6H2,(H,20,25,26). The third-order valence-corrected chi connectivity index (χ3v) is 4.61. The molecular formula is C16H15Cl2N3O6. The lowest BCUT2D eigenvalue weighted by molar-refractivity contribution is -0.0549. The molecule has 9 nitrogen and oxygen atoms in total. The lowest BCUT2D eigenvalue weighted by Crippen LogP contribution is -2.37. The zero-order chi connectivity index (χ0) is 19.7. The second-order valence-corrected chi connectivity index (χ2v) is 6.68. The molecule has 0 aliphatic carbocycles. The molecule has 1 aromatic carbocycles. The van der Waals surface area contributed by atoms with Crippen LogP contribution in [0.4, 0.5) is 5.69 Å². The predicted octanol–water partition coefficient (Wildman–Crippen LogP) is 0.206. The highest BCUT2D eigenvalue weighted by atomic mass is 35.5. The molecule has 2 heterocycles. The van der Waals surface area contributed by atoms with Gasteiger partial charge in [0.15, 0.2) is 6.23 Å². The van der Waals surface area contributed by atoms with Crippen molar-refractivity contribution < 1.29 is 20.1 Å². The smallest absolute Gasteiger partial charge is 0.330 e. The summed E-state index contributed by atoms with van der Waals surface area (Å²) in [5.41, 5.74) is -1.29. The van der Waals surface area contributed by atoms with Crippen molar-refractivity contribution >= 4 is 35.1 Å². The number of aliphatic imine (C=N–C) groups is 1. The van der Waals surface area contributed by atoms with Crippen LogP contribution in [0.5, 0.6) is 0 Å². The van der Waals surface area contributed by atoms with E-state index in [1.165, 1.54) is 12.3 Å². The number of ether oxygens (including phenoxy) is 1. The van der Waals surface area contributed by atoms with Gasteiger partial charge in [0.25, 0.3) is 5.56 Å². The van der Waals surface area contributed by atoms with E-state index < -0.39 is 42.4 Å². The maximum absolute atomic E-state index is 12.1. The molecule has 27 heavy (non-hydrogen) atoms. The topological polar surface area (TPSA) is 137 Å². The molecule has 0 spiro atoms. The Bertz CT molecular complexity index is 989. The minimum atomic E-state index is -1.48. The number of aliphatic hydroxyl groups is 3. The molecule has 1 aliphatic heterocycles. The summed E-state index contributed by atoms with van der Waals surface area (Å²) in [7, 11) is 0. The van der Waals surface area contributed by atoms with E-state index in [0.717, 1.165) is 10.8 Å². The van der Waals surface area contributed by atoms with Crippen LogP contribution in [0.15, 0.2) is 39.0 Å². The molecule has 0 amide bonds. The van der Waals surface area contributed by atoms with Gasteiger partial charge in [0.1, 0.15) is 24.0 Å². The van der Waals surface area contributed by atoms with Gasteiger partial charge in [-0.25, -0.2) is 9.79 Å². The van der Waals surface area contributed by atoms with Crippen LogP contribution < -0.4 is 11.2 Å². The van der Waals surface area contributed by atoms with Gasteiger partial charge in [-0.3, -0.25) is 14.3 Å². The monoisotopic (exact) mass is 415 g/mol. The highest BCUT2D eigenvalue weighted by Crippen LogP contribution is 2.28. The first-order chi connectivity index (χ1) is 12.8. The van der Waals surface area contributed by atoms with Crippen LogP contribution in [0.25, 0.3) is 0 Å². The molecule has 0 bridgehead atoms. The first-order valence-corrected chi connectivity index (χ1v) is 8.54. The van der Waals surface area contributed by atoms with E-state index in [0.29, 0.717) is 15.6 Å². The SMILES string of the molecule is O=c1[nH]c(=O)n(C2OC(CO)C(O)C2O)cc1N=Cc1ccc(Cl)cc1Cl. The first kappa shape index (κ1) is 19.7. The maximum Gasteiger partial charge on any atom is 0.330 e. The number of hydrogen-bond donors (Lipinski definition) is 4. The highest BCUT2D eigenvalue weighted by molar-refractivity contribution is 6.36. The zero-order valence-corrected chi connectivity index (χ0v) is 15.1. The van der Waals surface area contributed by atoms with Crippen molar-refractivity contribution in [1.29, 1.82) is 0 Å². The first-order valence-electron chi connectivity index (χ1n) is 7.79. The largest absolute Gasteiger partial charge is 0.394 e. The number of benzene rings is 1. The zero-order valence-electron chi connectivity index (χ0n) is 13.6. The van der Waals surface area contributed by atoms with Gasteiger partial charge in [-0.1, -0.05) is 29.3 Å². The fourth-order valence-electron chi connectivity index (χ4n) is 2.61. The third-order valence-electron chi connectivity index (χ3n) is 4.05. The van der Waals surface area contributed by atoms with Gasteiger partial charge in [0.2, 0.25) is 0 Å². The van der Waals surface area contributed by atoms with E-state index in [1.54, 1.807) is 12.1 Å². The van der Waals surface area contributed by atoms with Crippen LogP contribution in [0.1, 0.15) is 11.8 Å². The molecular weight excluding hydrogens is 401 g/mol. The van der Waals surface area contributed by atoms with Gasteiger partial charge in [-0.05, 0) is 12.1 Å². The van der Waals surface area contributed by atoms with Crippen molar-refractivity contribution in [3.63, 3.8) is 0 Å². The lowest BCUT2D eigenvalue weighted by atomic mass is 10.1. The summed E-state index contributed by atoms with van der Waals surface area (Å²) in [5.74, 6) is 0. The van der Waals surface area contributed by atoms with Gasteiger partial charge >= 0.3 is 5.69 Å². The Morgan fingerprint density at radius 3 is 2.63 bits per heavy atom. The fraction of sp³-hybridized carbons (Fsp3) is 0.312. The number of rotatable bonds is 4. The maximum atomic E-state index is 12.1. The van der Waals surface area contributed by atoms with E-state index in [1.807, 2.05) is 0 Å². The minimum absolute atomic E-state index is 0.154. The van der Waals surface area contributed by atoms with Crippen molar-refractivity contribution in [1.82, 2.24) is 9.55 Å². The molecule has 1 aromatic heterocycles. The van der Waals surface area contributed by atoms with Crippen LogP contribution in [-0.4, -0.2) is 56.0 Å². The predicted molar refractivity (Wildman–Crippen MR) is 98.0 cm³/mol. The summed E-state index contributed by atoms with van der Waals surface area (Å²) in [5, 5.41) is 29.8. The summed E-state index contributed by atoms with van der Waals surface area (Å²) in [6.45, 7) is -0.549. The molecule has 0 radical (unpaired) electrons. The second kappa shape index (κ2) is 7.93. The number of H-pyrrole nitrogens is 1. The summed E-state index contributed by atoms with van der Waals surface area (Å²) >= 11 is 11.9. The minimum Gasteiger partial charge on any atom is -0.394 e. The molecule has 144 valence electrons. The molecule has 1 aliphatic rings. The Balaban J connectivity index is 1.96. The Morgan fingerprint density at radius 2 is 2.00 bits per heavy atom. The van der Waals surface area contributed by atoms with E-state index in [2.05, 4.69) is 9.98 Å². The number of hydrogen-bond acceptors (Lipinski definition) is 7. The van der Waals surface area contributed by atoms with Crippen LogP contribution in [0.2, 0.25) is 10.0 Å². The summed E-state index contributed by atoms with van der Waals surface area (Å²) in [6, 6.07) is 4.71. The fourth-order valence-corrected chi connectivity index (χ4v) is 3.07. The Hall–Kier alpha value is -2.01.